The molecule has 0 N–H and O–H groups in total. The Morgan fingerprint density at radius 1 is 1.04 bits per heavy atom. The maximum Gasteiger partial charge on any atom is 0.329 e. The highest BCUT2D eigenvalue weighted by Gasteiger charge is 2.33. The summed E-state index contributed by atoms with van der Waals surface area (Å²) in [7, 11) is -2.66. The molecular formula is C17H19NO4S. The van der Waals surface area contributed by atoms with E-state index in [4.69, 9.17) is 4.74 Å². The Labute approximate surface area is 136 Å². The summed E-state index contributed by atoms with van der Waals surface area (Å²) in [5, 5.41) is 0. The third kappa shape index (κ3) is 3.53. The Morgan fingerprint density at radius 2 is 1.61 bits per heavy atom. The molecule has 0 aliphatic carbocycles. The molecule has 0 saturated heterocycles. The van der Waals surface area contributed by atoms with Gasteiger partial charge in [-0.25, -0.2) is 13.2 Å². The van der Waals surface area contributed by atoms with E-state index in [0.29, 0.717) is 5.69 Å². The SMILES string of the molecule is COC(=O)[C@H](C)N(c1ccccc1)S(=O)(=O)c1ccc(C)cc1. The molecule has 5 nitrogen and oxygen atoms in total. The average molecular weight is 333 g/mol. The zero-order valence-electron chi connectivity index (χ0n) is 13.3. The Bertz CT molecular complexity index is 770. The summed E-state index contributed by atoms with van der Waals surface area (Å²) in [6, 6.07) is 14.0. The first kappa shape index (κ1) is 17.0. The Kier molecular flexibility index (Phi) is 5.05. The van der Waals surface area contributed by atoms with Crippen LogP contribution < -0.4 is 4.31 Å². The van der Waals surface area contributed by atoms with Crippen molar-refractivity contribution < 1.29 is 17.9 Å². The van der Waals surface area contributed by atoms with Crippen LogP contribution in [0.1, 0.15) is 12.5 Å². The Hall–Kier alpha value is -2.34. The molecule has 2 aromatic rings. The summed E-state index contributed by atoms with van der Waals surface area (Å²) >= 11 is 0. The normalized spacial score (nSPS) is 12.5. The van der Waals surface area contributed by atoms with E-state index in [1.807, 2.05) is 6.92 Å². The molecule has 0 aliphatic heterocycles. The van der Waals surface area contributed by atoms with Gasteiger partial charge < -0.3 is 4.74 Å². The van der Waals surface area contributed by atoms with E-state index in [1.165, 1.54) is 26.2 Å². The lowest BCUT2D eigenvalue weighted by Gasteiger charge is -2.28. The Morgan fingerprint density at radius 3 is 2.13 bits per heavy atom. The van der Waals surface area contributed by atoms with Crippen LogP contribution in [0, 0.1) is 6.92 Å². The summed E-state index contributed by atoms with van der Waals surface area (Å²) in [6.45, 7) is 3.38. The molecule has 0 bridgehead atoms. The third-order valence-corrected chi connectivity index (χ3v) is 5.40. The lowest BCUT2D eigenvalue weighted by Crippen LogP contribution is -2.44. The van der Waals surface area contributed by atoms with Crippen LogP contribution in [0.15, 0.2) is 59.5 Å². The van der Waals surface area contributed by atoms with E-state index in [0.717, 1.165) is 9.87 Å². The van der Waals surface area contributed by atoms with Crippen molar-refractivity contribution in [1.29, 1.82) is 0 Å². The van der Waals surface area contributed by atoms with E-state index in [1.54, 1.807) is 42.5 Å². The number of hydrogen-bond donors (Lipinski definition) is 0. The molecule has 0 heterocycles. The lowest BCUT2D eigenvalue weighted by molar-refractivity contribution is -0.141. The van der Waals surface area contributed by atoms with E-state index in [-0.39, 0.29) is 4.90 Å². The highest BCUT2D eigenvalue weighted by atomic mass is 32.2. The molecule has 1 atom stereocenters. The minimum absolute atomic E-state index is 0.128. The molecule has 23 heavy (non-hydrogen) atoms. The molecular weight excluding hydrogens is 314 g/mol. The summed E-state index contributed by atoms with van der Waals surface area (Å²) in [5.41, 5.74) is 1.36. The maximum absolute atomic E-state index is 13.0. The number of para-hydroxylation sites is 1. The number of hydrogen-bond acceptors (Lipinski definition) is 4. The molecule has 2 rings (SSSR count). The second-order valence-corrected chi connectivity index (χ2v) is 6.96. The van der Waals surface area contributed by atoms with Crippen molar-refractivity contribution in [2.24, 2.45) is 0 Å². The van der Waals surface area contributed by atoms with Crippen LogP contribution in [0.3, 0.4) is 0 Å². The first-order valence-corrected chi connectivity index (χ1v) is 8.56. The number of rotatable bonds is 5. The first-order chi connectivity index (χ1) is 10.9. The third-order valence-electron chi connectivity index (χ3n) is 3.48. The number of benzene rings is 2. The quantitative estimate of drug-likeness (QED) is 0.789. The first-order valence-electron chi connectivity index (χ1n) is 7.12. The topological polar surface area (TPSA) is 63.7 Å². The summed E-state index contributed by atoms with van der Waals surface area (Å²) in [5.74, 6) is -0.621. The van der Waals surface area contributed by atoms with Gasteiger partial charge in [-0.1, -0.05) is 35.9 Å². The largest absolute Gasteiger partial charge is 0.467 e. The molecule has 0 spiro atoms. The standard InChI is InChI=1S/C17H19NO4S/c1-13-9-11-16(12-10-13)23(20,21)18(14(2)17(19)22-3)15-7-5-4-6-8-15/h4-12,14H,1-3H3/t14-/m0/s1. The fraction of sp³-hybridized carbons (Fsp3) is 0.235. The molecule has 6 heteroatoms. The minimum atomic E-state index is -3.89. The van der Waals surface area contributed by atoms with Crippen LogP contribution >= 0.6 is 0 Å². The summed E-state index contributed by atoms with van der Waals surface area (Å²) in [4.78, 5) is 12.1. The van der Waals surface area contributed by atoms with Gasteiger partial charge in [0, 0.05) is 0 Å². The van der Waals surface area contributed by atoms with Crippen molar-refractivity contribution in [3.8, 4) is 0 Å². The number of nitrogens with zero attached hydrogens (tertiary/aromatic N) is 1. The van der Waals surface area contributed by atoms with Gasteiger partial charge in [0.2, 0.25) is 0 Å². The van der Waals surface area contributed by atoms with Gasteiger partial charge in [0.05, 0.1) is 17.7 Å². The number of esters is 1. The Balaban J connectivity index is 2.57. The maximum atomic E-state index is 13.0. The van der Waals surface area contributed by atoms with Crippen LogP contribution in [-0.2, 0) is 19.6 Å². The van der Waals surface area contributed by atoms with Gasteiger partial charge in [-0.15, -0.1) is 0 Å². The van der Waals surface area contributed by atoms with Gasteiger partial charge in [-0.2, -0.15) is 0 Å². The van der Waals surface area contributed by atoms with Crippen LogP contribution in [0.5, 0.6) is 0 Å². The zero-order chi connectivity index (χ0) is 17.0. The molecule has 122 valence electrons. The lowest BCUT2D eigenvalue weighted by atomic mass is 10.2. The number of carbonyl (C=O) groups excluding carboxylic acids is 1. The smallest absolute Gasteiger partial charge is 0.329 e. The van der Waals surface area contributed by atoms with Crippen molar-refractivity contribution in [3.05, 3.63) is 60.2 Å². The van der Waals surface area contributed by atoms with Crippen molar-refractivity contribution >= 4 is 21.7 Å². The predicted molar refractivity (Wildman–Crippen MR) is 88.8 cm³/mol. The number of aryl methyl sites for hydroxylation is 1. The van der Waals surface area contributed by atoms with E-state index < -0.39 is 22.0 Å². The van der Waals surface area contributed by atoms with E-state index >= 15 is 0 Å². The van der Waals surface area contributed by atoms with Crippen molar-refractivity contribution in [2.75, 3.05) is 11.4 Å². The van der Waals surface area contributed by atoms with Gasteiger partial charge in [0.15, 0.2) is 0 Å². The predicted octanol–water partition coefficient (Wildman–Crippen LogP) is 2.75. The van der Waals surface area contributed by atoms with Gasteiger partial charge in [0.1, 0.15) is 6.04 Å². The van der Waals surface area contributed by atoms with Crippen LogP contribution in [0.25, 0.3) is 0 Å². The number of methoxy groups -OCH3 is 1. The number of anilines is 1. The van der Waals surface area contributed by atoms with E-state index in [2.05, 4.69) is 0 Å². The van der Waals surface area contributed by atoms with Gasteiger partial charge in [0.25, 0.3) is 10.0 Å². The fourth-order valence-electron chi connectivity index (χ4n) is 2.24. The number of ether oxygens (including phenoxy) is 1. The molecule has 0 saturated carbocycles. The second kappa shape index (κ2) is 6.83. The molecule has 0 unspecified atom stereocenters. The van der Waals surface area contributed by atoms with Crippen molar-refractivity contribution in [2.45, 2.75) is 24.8 Å². The molecule has 0 radical (unpaired) electrons. The van der Waals surface area contributed by atoms with Crippen molar-refractivity contribution in [3.63, 3.8) is 0 Å². The molecule has 0 fully saturated rings. The average Bonchev–Trinajstić information content (AvgIpc) is 2.55. The molecule has 2 aromatic carbocycles. The van der Waals surface area contributed by atoms with Gasteiger partial charge in [-0.3, -0.25) is 4.31 Å². The molecule has 0 aliphatic rings. The van der Waals surface area contributed by atoms with Crippen LogP contribution in [-0.4, -0.2) is 27.5 Å². The zero-order valence-corrected chi connectivity index (χ0v) is 14.1. The number of carbonyl (C=O) groups is 1. The second-order valence-electron chi connectivity index (χ2n) is 5.15. The minimum Gasteiger partial charge on any atom is -0.467 e. The van der Waals surface area contributed by atoms with Gasteiger partial charge in [-0.05, 0) is 38.1 Å². The fourth-order valence-corrected chi connectivity index (χ4v) is 3.84. The van der Waals surface area contributed by atoms with Crippen LogP contribution in [0.4, 0.5) is 5.69 Å². The summed E-state index contributed by atoms with van der Waals surface area (Å²) < 4.78 is 31.9. The van der Waals surface area contributed by atoms with Gasteiger partial charge >= 0.3 is 5.97 Å². The highest BCUT2D eigenvalue weighted by Crippen LogP contribution is 2.26. The number of sulfonamides is 1. The van der Waals surface area contributed by atoms with Crippen LogP contribution in [0.2, 0.25) is 0 Å². The highest BCUT2D eigenvalue weighted by molar-refractivity contribution is 7.92. The van der Waals surface area contributed by atoms with E-state index in [9.17, 15) is 13.2 Å². The monoisotopic (exact) mass is 333 g/mol. The van der Waals surface area contributed by atoms with Crippen molar-refractivity contribution in [1.82, 2.24) is 0 Å². The summed E-state index contributed by atoms with van der Waals surface area (Å²) in [6.07, 6.45) is 0. The molecule has 0 aromatic heterocycles. The molecule has 0 amide bonds.